The Morgan fingerprint density at radius 2 is 1.85 bits per heavy atom. The number of nitrogens with zero attached hydrogens (tertiary/aromatic N) is 2. The van der Waals surface area contributed by atoms with E-state index in [1.54, 1.807) is 11.3 Å². The molecule has 0 spiro atoms. The fourth-order valence-corrected chi connectivity index (χ4v) is 4.07. The van der Waals surface area contributed by atoms with Crippen LogP contribution in [0.2, 0.25) is 10.0 Å². The van der Waals surface area contributed by atoms with Gasteiger partial charge < -0.3 is 5.32 Å². The maximum atomic E-state index is 6.06. The van der Waals surface area contributed by atoms with Gasteiger partial charge in [0.15, 0.2) is 5.13 Å². The summed E-state index contributed by atoms with van der Waals surface area (Å²) in [5, 5.41) is 7.88. The van der Waals surface area contributed by atoms with E-state index in [1.807, 2.05) is 42.9 Å². The van der Waals surface area contributed by atoms with Gasteiger partial charge in [-0.2, -0.15) is 0 Å². The number of aromatic nitrogens is 2. The number of anilines is 1. The average Bonchev–Trinajstić information content (AvgIpc) is 3.16. The second-order valence-corrected chi connectivity index (χ2v) is 8.09. The van der Waals surface area contributed by atoms with Crippen LogP contribution in [0.4, 0.5) is 5.13 Å². The van der Waals surface area contributed by atoms with Gasteiger partial charge in [-0.1, -0.05) is 52.7 Å². The number of nitrogens with one attached hydrogen (secondary N) is 1. The minimum Gasteiger partial charge on any atom is -0.361 e. The zero-order valence-electron chi connectivity index (χ0n) is 14.5. The van der Waals surface area contributed by atoms with E-state index in [-0.39, 0.29) is 0 Å². The summed E-state index contributed by atoms with van der Waals surface area (Å²) >= 11 is 13.7. The lowest BCUT2D eigenvalue weighted by Gasteiger charge is -2.04. The monoisotopic (exact) mass is 413 g/mol. The Morgan fingerprint density at radius 3 is 2.74 bits per heavy atom. The Balaban J connectivity index is 1.35. The van der Waals surface area contributed by atoms with Crippen molar-refractivity contribution in [3.8, 4) is 10.4 Å². The van der Waals surface area contributed by atoms with Crippen LogP contribution in [0.1, 0.15) is 12.0 Å². The van der Waals surface area contributed by atoms with Gasteiger partial charge in [0.2, 0.25) is 0 Å². The maximum Gasteiger partial charge on any atom is 0.183 e. The van der Waals surface area contributed by atoms with Gasteiger partial charge in [0.25, 0.3) is 0 Å². The molecule has 136 valence electrons. The van der Waals surface area contributed by atoms with Crippen LogP contribution in [0.25, 0.3) is 21.2 Å². The van der Waals surface area contributed by atoms with Crippen molar-refractivity contribution in [2.75, 3.05) is 11.9 Å². The second kappa shape index (κ2) is 8.26. The number of thiazole rings is 1. The quantitative estimate of drug-likeness (QED) is 0.356. The van der Waals surface area contributed by atoms with Gasteiger partial charge in [0.05, 0.1) is 14.9 Å². The fraction of sp³-hybridized carbons (Fsp3) is 0.143. The number of rotatable bonds is 6. The lowest BCUT2D eigenvalue weighted by molar-refractivity contribution is 0.862. The molecule has 0 atom stereocenters. The van der Waals surface area contributed by atoms with E-state index in [9.17, 15) is 0 Å². The topological polar surface area (TPSA) is 37.8 Å². The van der Waals surface area contributed by atoms with Crippen molar-refractivity contribution in [1.82, 2.24) is 9.97 Å². The third kappa shape index (κ3) is 4.41. The summed E-state index contributed by atoms with van der Waals surface area (Å²) < 4.78 is 0. The highest BCUT2D eigenvalue weighted by atomic mass is 35.5. The minimum atomic E-state index is 0.596. The molecule has 0 unspecified atom stereocenters. The first-order valence-electron chi connectivity index (χ1n) is 8.67. The molecule has 2 aromatic heterocycles. The smallest absolute Gasteiger partial charge is 0.183 e. The maximum absolute atomic E-state index is 6.06. The average molecular weight is 414 g/mol. The molecule has 4 rings (SSSR count). The van der Waals surface area contributed by atoms with Crippen molar-refractivity contribution in [2.24, 2.45) is 0 Å². The van der Waals surface area contributed by atoms with Crippen LogP contribution in [-0.2, 0) is 6.42 Å². The van der Waals surface area contributed by atoms with Crippen LogP contribution in [0.15, 0.2) is 61.1 Å². The SMILES string of the molecule is Clc1ccc(CCCNc2ncc(-c3ccc4cnccc4c3)s2)cc1Cl. The molecule has 0 radical (unpaired) electrons. The standard InChI is InChI=1S/C21H17Cl2N3S/c22-18-6-3-14(10-19(18)23)2-1-8-25-21-26-13-20(27-21)16-4-5-17-12-24-9-7-15(17)11-16/h3-7,9-13H,1-2,8H2,(H,25,26). The Labute approximate surface area is 172 Å². The predicted octanol–water partition coefficient (Wildman–Crippen LogP) is 6.71. The largest absolute Gasteiger partial charge is 0.361 e. The van der Waals surface area contributed by atoms with Crippen LogP contribution in [0, 0.1) is 0 Å². The lowest BCUT2D eigenvalue weighted by Crippen LogP contribution is -2.02. The molecule has 0 amide bonds. The number of halogens is 2. The van der Waals surface area contributed by atoms with Crippen LogP contribution in [-0.4, -0.2) is 16.5 Å². The molecule has 0 aliphatic carbocycles. The molecule has 27 heavy (non-hydrogen) atoms. The molecule has 0 bridgehead atoms. The van der Waals surface area contributed by atoms with Crippen molar-refractivity contribution >= 4 is 50.4 Å². The molecule has 2 aromatic carbocycles. The molecule has 4 aromatic rings. The van der Waals surface area contributed by atoms with Crippen molar-refractivity contribution in [1.29, 1.82) is 0 Å². The van der Waals surface area contributed by atoms with Gasteiger partial charge >= 0.3 is 0 Å². The van der Waals surface area contributed by atoms with E-state index in [4.69, 9.17) is 23.2 Å². The highest BCUT2D eigenvalue weighted by Gasteiger charge is 2.06. The highest BCUT2D eigenvalue weighted by Crippen LogP contribution is 2.31. The number of fused-ring (bicyclic) bond motifs is 1. The summed E-state index contributed by atoms with van der Waals surface area (Å²) in [4.78, 5) is 9.81. The van der Waals surface area contributed by atoms with E-state index in [0.717, 1.165) is 34.8 Å². The van der Waals surface area contributed by atoms with Gasteiger partial charge in [0, 0.05) is 30.5 Å². The molecule has 0 aliphatic rings. The fourth-order valence-electron chi connectivity index (χ4n) is 2.91. The number of aryl methyl sites for hydroxylation is 1. The minimum absolute atomic E-state index is 0.596. The van der Waals surface area contributed by atoms with Crippen LogP contribution < -0.4 is 5.32 Å². The zero-order valence-corrected chi connectivity index (χ0v) is 16.8. The third-order valence-corrected chi connectivity index (χ3v) is 6.08. The predicted molar refractivity (Wildman–Crippen MR) is 116 cm³/mol. The van der Waals surface area contributed by atoms with Crippen molar-refractivity contribution < 1.29 is 0 Å². The summed E-state index contributed by atoms with van der Waals surface area (Å²) in [7, 11) is 0. The number of hydrogen-bond acceptors (Lipinski definition) is 4. The first-order valence-corrected chi connectivity index (χ1v) is 10.2. The highest BCUT2D eigenvalue weighted by molar-refractivity contribution is 7.18. The molecular weight excluding hydrogens is 397 g/mol. The van der Waals surface area contributed by atoms with Gasteiger partial charge in [0.1, 0.15) is 0 Å². The van der Waals surface area contributed by atoms with Crippen molar-refractivity contribution in [3.63, 3.8) is 0 Å². The normalized spacial score (nSPS) is 11.0. The van der Waals surface area contributed by atoms with Crippen molar-refractivity contribution in [2.45, 2.75) is 12.8 Å². The molecule has 1 N–H and O–H groups in total. The molecule has 3 nitrogen and oxygen atoms in total. The summed E-state index contributed by atoms with van der Waals surface area (Å²) in [5.41, 5.74) is 2.37. The third-order valence-electron chi connectivity index (χ3n) is 4.33. The second-order valence-electron chi connectivity index (χ2n) is 6.25. The Morgan fingerprint density at radius 1 is 0.926 bits per heavy atom. The summed E-state index contributed by atoms with van der Waals surface area (Å²) in [6.07, 6.45) is 7.57. The summed E-state index contributed by atoms with van der Waals surface area (Å²) in [5.74, 6) is 0. The van der Waals surface area contributed by atoms with E-state index in [2.05, 4.69) is 33.5 Å². The number of pyridine rings is 1. The van der Waals surface area contributed by atoms with Gasteiger partial charge in [-0.25, -0.2) is 4.98 Å². The van der Waals surface area contributed by atoms with E-state index in [1.165, 1.54) is 16.5 Å². The molecule has 0 aliphatic heterocycles. The zero-order chi connectivity index (χ0) is 18.6. The van der Waals surface area contributed by atoms with Crippen LogP contribution in [0.5, 0.6) is 0 Å². The summed E-state index contributed by atoms with van der Waals surface area (Å²) in [6, 6.07) is 14.2. The molecule has 2 heterocycles. The van der Waals surface area contributed by atoms with Gasteiger partial charge in [-0.05, 0) is 53.6 Å². The van der Waals surface area contributed by atoms with Crippen LogP contribution in [0.3, 0.4) is 0 Å². The number of benzene rings is 2. The first-order chi connectivity index (χ1) is 13.2. The summed E-state index contributed by atoms with van der Waals surface area (Å²) in [6.45, 7) is 0.858. The number of hydrogen-bond donors (Lipinski definition) is 1. The Bertz CT molecular complexity index is 1080. The molecular formula is C21H17Cl2N3S. The van der Waals surface area contributed by atoms with E-state index < -0.39 is 0 Å². The van der Waals surface area contributed by atoms with Gasteiger partial charge in [-0.3, -0.25) is 4.98 Å². The van der Waals surface area contributed by atoms with Crippen LogP contribution >= 0.6 is 34.5 Å². The Hall–Kier alpha value is -2.14. The Kier molecular flexibility index (Phi) is 5.58. The first kappa shape index (κ1) is 18.2. The van der Waals surface area contributed by atoms with Gasteiger partial charge in [-0.15, -0.1) is 0 Å². The molecule has 0 saturated carbocycles. The molecule has 0 fully saturated rings. The van der Waals surface area contributed by atoms with Crippen molar-refractivity contribution in [3.05, 3.63) is 76.7 Å². The molecule has 6 heteroatoms. The van der Waals surface area contributed by atoms with E-state index in [0.29, 0.717) is 10.0 Å². The molecule has 0 saturated heterocycles. The van der Waals surface area contributed by atoms with E-state index >= 15 is 0 Å². The lowest BCUT2D eigenvalue weighted by atomic mass is 10.1.